The summed E-state index contributed by atoms with van der Waals surface area (Å²) >= 11 is 0. The van der Waals surface area contributed by atoms with E-state index in [1.165, 1.54) is 43.8 Å². The highest BCUT2D eigenvalue weighted by Crippen LogP contribution is 2.37. The largest absolute Gasteiger partial charge is 0.208 e. The van der Waals surface area contributed by atoms with Gasteiger partial charge >= 0.3 is 0 Å². The predicted molar refractivity (Wildman–Crippen MR) is 207 cm³/mol. The Morgan fingerprint density at radius 1 is 0.220 bits per heavy atom. The summed E-state index contributed by atoms with van der Waals surface area (Å²) < 4.78 is 0. The van der Waals surface area contributed by atoms with Crippen LogP contribution in [0.1, 0.15) is 0 Å². The minimum atomic E-state index is 0.647. The fraction of sp³-hybridized carbons (Fsp3) is 0. The SMILES string of the molecule is c1ccc(-c2nc(-c3ccccc3)nc(-c3ccccc3-c3ccc4cc(-c5ccccc5-c5ccc6ccccc6c5)ccc4c3)n2)cc1. The minimum absolute atomic E-state index is 0.647. The Hall–Kier alpha value is -6.71. The van der Waals surface area contributed by atoms with Crippen molar-refractivity contribution in [3.8, 4) is 67.5 Å². The van der Waals surface area contributed by atoms with Crippen LogP contribution in [0.25, 0.3) is 89.1 Å². The van der Waals surface area contributed by atoms with Crippen molar-refractivity contribution in [1.29, 1.82) is 0 Å². The van der Waals surface area contributed by atoms with Crippen molar-refractivity contribution in [3.63, 3.8) is 0 Å². The quantitative estimate of drug-likeness (QED) is 0.182. The van der Waals surface area contributed by atoms with E-state index >= 15 is 0 Å². The molecule has 8 aromatic carbocycles. The Labute approximate surface area is 291 Å². The maximum absolute atomic E-state index is 5.02. The second-order valence-corrected chi connectivity index (χ2v) is 12.5. The van der Waals surface area contributed by atoms with Crippen LogP contribution in [0.5, 0.6) is 0 Å². The average Bonchev–Trinajstić information content (AvgIpc) is 3.21. The molecule has 0 bridgehead atoms. The topological polar surface area (TPSA) is 38.7 Å². The summed E-state index contributed by atoms with van der Waals surface area (Å²) in [6.45, 7) is 0. The predicted octanol–water partition coefficient (Wildman–Crippen LogP) is 12.2. The zero-order valence-electron chi connectivity index (χ0n) is 27.2. The molecule has 0 saturated heterocycles. The lowest BCUT2D eigenvalue weighted by molar-refractivity contribution is 1.07. The number of benzene rings is 8. The van der Waals surface area contributed by atoms with Gasteiger partial charge in [0.05, 0.1) is 0 Å². The van der Waals surface area contributed by atoms with Crippen LogP contribution >= 0.6 is 0 Å². The summed E-state index contributed by atoms with van der Waals surface area (Å²) in [5.41, 5.74) is 9.91. The lowest BCUT2D eigenvalue weighted by Gasteiger charge is -2.14. The number of hydrogen-bond donors (Lipinski definition) is 0. The van der Waals surface area contributed by atoms with Gasteiger partial charge in [0.2, 0.25) is 0 Å². The summed E-state index contributed by atoms with van der Waals surface area (Å²) in [4.78, 5) is 14.9. The third kappa shape index (κ3) is 5.61. The molecule has 0 aliphatic rings. The van der Waals surface area contributed by atoms with Crippen LogP contribution in [0.3, 0.4) is 0 Å². The second kappa shape index (κ2) is 12.7. The first-order valence-electron chi connectivity index (χ1n) is 16.9. The molecule has 0 saturated carbocycles. The molecule has 0 aliphatic heterocycles. The van der Waals surface area contributed by atoms with Gasteiger partial charge in [0, 0.05) is 16.7 Å². The van der Waals surface area contributed by atoms with Crippen LogP contribution < -0.4 is 0 Å². The van der Waals surface area contributed by atoms with E-state index in [0.29, 0.717) is 17.5 Å². The van der Waals surface area contributed by atoms with Crippen molar-refractivity contribution in [1.82, 2.24) is 15.0 Å². The van der Waals surface area contributed by atoms with Crippen molar-refractivity contribution < 1.29 is 0 Å². The molecule has 3 heteroatoms. The van der Waals surface area contributed by atoms with E-state index in [4.69, 9.17) is 15.0 Å². The molecule has 1 heterocycles. The normalized spacial score (nSPS) is 11.2. The maximum Gasteiger partial charge on any atom is 0.164 e. The molecular weight excluding hydrogens is 607 g/mol. The zero-order valence-corrected chi connectivity index (χ0v) is 27.2. The van der Waals surface area contributed by atoms with E-state index in [1.807, 2.05) is 66.7 Å². The molecule has 9 aromatic rings. The Morgan fingerprint density at radius 2 is 0.560 bits per heavy atom. The molecule has 1 aromatic heterocycles. The maximum atomic E-state index is 5.02. The van der Waals surface area contributed by atoms with Gasteiger partial charge in [-0.05, 0) is 73.1 Å². The van der Waals surface area contributed by atoms with Crippen LogP contribution in [0.4, 0.5) is 0 Å². The van der Waals surface area contributed by atoms with Crippen molar-refractivity contribution in [2.24, 2.45) is 0 Å². The summed E-state index contributed by atoms with van der Waals surface area (Å²) in [6.07, 6.45) is 0. The van der Waals surface area contributed by atoms with Crippen LogP contribution in [-0.2, 0) is 0 Å². The highest BCUT2D eigenvalue weighted by Gasteiger charge is 2.16. The molecule has 0 fully saturated rings. The first kappa shape index (κ1) is 29.4. The van der Waals surface area contributed by atoms with Crippen LogP contribution in [0, 0.1) is 0 Å². The lowest BCUT2D eigenvalue weighted by Crippen LogP contribution is -2.01. The number of fused-ring (bicyclic) bond motifs is 2. The van der Waals surface area contributed by atoms with Gasteiger partial charge in [0.25, 0.3) is 0 Å². The van der Waals surface area contributed by atoms with Gasteiger partial charge in [0.15, 0.2) is 17.5 Å². The minimum Gasteiger partial charge on any atom is -0.208 e. The van der Waals surface area contributed by atoms with Crippen LogP contribution in [0.15, 0.2) is 188 Å². The molecule has 9 rings (SSSR count). The van der Waals surface area contributed by atoms with E-state index < -0.39 is 0 Å². The molecule has 0 aliphatic carbocycles. The van der Waals surface area contributed by atoms with Gasteiger partial charge in [-0.15, -0.1) is 0 Å². The Bertz CT molecular complexity index is 2590. The first-order valence-corrected chi connectivity index (χ1v) is 16.9. The van der Waals surface area contributed by atoms with Gasteiger partial charge in [-0.1, -0.05) is 170 Å². The number of rotatable bonds is 6. The standard InChI is InChI=1S/C47H31N3/c1-3-14-33(15-4-1)45-48-46(34-16-5-2-6-17-34)50-47(49-45)44-22-12-11-21-43(44)40-28-25-36-30-39(27-24-37(36)31-40)42-20-10-9-19-41(42)38-26-23-32-13-7-8-18-35(32)29-38/h1-31H. The van der Waals surface area contributed by atoms with Crippen molar-refractivity contribution in [2.45, 2.75) is 0 Å². The van der Waals surface area contributed by atoms with Crippen molar-refractivity contribution >= 4 is 21.5 Å². The molecule has 0 radical (unpaired) electrons. The number of hydrogen-bond acceptors (Lipinski definition) is 3. The van der Waals surface area contributed by atoms with Gasteiger partial charge in [-0.25, -0.2) is 15.0 Å². The molecular formula is C47H31N3. The summed E-state index contributed by atoms with van der Waals surface area (Å²) in [6, 6.07) is 66.0. The fourth-order valence-electron chi connectivity index (χ4n) is 6.78. The van der Waals surface area contributed by atoms with Crippen molar-refractivity contribution in [3.05, 3.63) is 188 Å². The fourth-order valence-corrected chi connectivity index (χ4v) is 6.78. The van der Waals surface area contributed by atoms with E-state index in [1.54, 1.807) is 0 Å². The molecule has 234 valence electrons. The first-order chi connectivity index (χ1) is 24.8. The zero-order chi connectivity index (χ0) is 33.3. The third-order valence-electron chi connectivity index (χ3n) is 9.32. The highest BCUT2D eigenvalue weighted by molar-refractivity contribution is 5.96. The van der Waals surface area contributed by atoms with Gasteiger partial charge in [-0.3, -0.25) is 0 Å². The molecule has 0 amide bonds. The van der Waals surface area contributed by atoms with E-state index in [0.717, 1.165) is 27.8 Å². The molecule has 3 nitrogen and oxygen atoms in total. The monoisotopic (exact) mass is 637 g/mol. The second-order valence-electron chi connectivity index (χ2n) is 12.5. The molecule has 0 atom stereocenters. The summed E-state index contributed by atoms with van der Waals surface area (Å²) in [7, 11) is 0. The van der Waals surface area contributed by atoms with E-state index in [9.17, 15) is 0 Å². The Kier molecular flexibility index (Phi) is 7.49. The average molecular weight is 638 g/mol. The Balaban J connectivity index is 1.12. The number of nitrogens with zero attached hydrogens (tertiary/aromatic N) is 3. The highest BCUT2D eigenvalue weighted by atomic mass is 15.0. The molecule has 0 unspecified atom stereocenters. The van der Waals surface area contributed by atoms with Crippen molar-refractivity contribution in [2.75, 3.05) is 0 Å². The van der Waals surface area contributed by atoms with E-state index in [2.05, 4.69) is 121 Å². The van der Waals surface area contributed by atoms with Crippen LogP contribution in [-0.4, -0.2) is 15.0 Å². The Morgan fingerprint density at radius 3 is 1.06 bits per heavy atom. The van der Waals surface area contributed by atoms with Crippen LogP contribution in [0.2, 0.25) is 0 Å². The summed E-state index contributed by atoms with van der Waals surface area (Å²) in [5.74, 6) is 1.95. The van der Waals surface area contributed by atoms with E-state index in [-0.39, 0.29) is 0 Å². The molecule has 50 heavy (non-hydrogen) atoms. The van der Waals surface area contributed by atoms with Gasteiger partial charge in [0.1, 0.15) is 0 Å². The summed E-state index contributed by atoms with van der Waals surface area (Å²) in [5, 5.41) is 4.86. The van der Waals surface area contributed by atoms with Gasteiger partial charge in [-0.2, -0.15) is 0 Å². The third-order valence-corrected chi connectivity index (χ3v) is 9.32. The molecule has 0 N–H and O–H groups in total. The molecule has 0 spiro atoms. The lowest BCUT2D eigenvalue weighted by atomic mass is 9.91. The number of aromatic nitrogens is 3. The smallest absolute Gasteiger partial charge is 0.164 e. The van der Waals surface area contributed by atoms with Gasteiger partial charge < -0.3 is 0 Å².